The number of hydrogen-bond acceptors (Lipinski definition) is 3. The lowest BCUT2D eigenvalue weighted by Crippen LogP contribution is -2.54. The number of rotatable bonds is 3. The number of carbonyl (C=O) groups is 2. The number of nitrogens with zero attached hydrogens (tertiary/aromatic N) is 1. The van der Waals surface area contributed by atoms with Crippen molar-refractivity contribution in [2.24, 2.45) is 0 Å². The van der Waals surface area contributed by atoms with E-state index in [9.17, 15) is 23.5 Å². The normalized spacial score (nSPS) is 20.4. The first-order chi connectivity index (χ1) is 13.4. The van der Waals surface area contributed by atoms with Crippen LogP contribution in [0.15, 0.2) is 48.5 Å². The molecule has 2 aromatic rings. The Hall–Kier alpha value is -2.96. The highest BCUT2D eigenvalue weighted by Gasteiger charge is 2.45. The molecule has 28 heavy (non-hydrogen) atoms. The predicted molar refractivity (Wildman–Crippen MR) is 97.4 cm³/mol. The fourth-order valence-electron chi connectivity index (χ4n) is 4.07. The summed E-state index contributed by atoms with van der Waals surface area (Å²) in [5.41, 5.74) is 4.09. The van der Waals surface area contributed by atoms with Crippen LogP contribution in [0.1, 0.15) is 29.9 Å². The highest BCUT2D eigenvalue weighted by Crippen LogP contribution is 2.44. The summed E-state index contributed by atoms with van der Waals surface area (Å²) in [4.78, 5) is 24.5. The fraction of sp³-hybridized carbons (Fsp3) is 0.333. The molecular formula is C21H19F2NO4. The van der Waals surface area contributed by atoms with Crippen molar-refractivity contribution < 1.29 is 28.2 Å². The van der Waals surface area contributed by atoms with Gasteiger partial charge in [0, 0.05) is 12.3 Å². The summed E-state index contributed by atoms with van der Waals surface area (Å²) in [5.74, 6) is -4.63. The van der Waals surface area contributed by atoms with E-state index in [1.807, 2.05) is 48.5 Å². The second kappa shape index (κ2) is 6.89. The number of carboxylic acid groups (broad SMARTS) is 1. The van der Waals surface area contributed by atoms with Gasteiger partial charge in [-0.2, -0.15) is 0 Å². The topological polar surface area (TPSA) is 66.8 Å². The first-order valence-electron chi connectivity index (χ1n) is 9.09. The summed E-state index contributed by atoms with van der Waals surface area (Å²) in [7, 11) is 0. The lowest BCUT2D eigenvalue weighted by atomic mass is 9.98. The molecule has 0 saturated carbocycles. The Morgan fingerprint density at radius 2 is 1.64 bits per heavy atom. The number of aliphatic carboxylic acids is 1. The number of hydrogen-bond donors (Lipinski definition) is 1. The summed E-state index contributed by atoms with van der Waals surface area (Å²) in [5, 5.41) is 9.27. The van der Waals surface area contributed by atoms with Crippen molar-refractivity contribution in [3.8, 4) is 11.1 Å². The summed E-state index contributed by atoms with van der Waals surface area (Å²) < 4.78 is 32.8. The number of alkyl halides is 2. The Bertz CT molecular complexity index is 885. The van der Waals surface area contributed by atoms with E-state index in [0.29, 0.717) is 4.90 Å². The highest BCUT2D eigenvalue weighted by atomic mass is 19.3. The van der Waals surface area contributed by atoms with Crippen LogP contribution in [0.5, 0.6) is 0 Å². The number of carboxylic acids is 1. The minimum absolute atomic E-state index is 0.0404. The van der Waals surface area contributed by atoms with Crippen LogP contribution in [0.3, 0.4) is 0 Å². The van der Waals surface area contributed by atoms with Crippen LogP contribution in [0.4, 0.5) is 13.6 Å². The van der Waals surface area contributed by atoms with Crippen molar-refractivity contribution in [1.29, 1.82) is 0 Å². The van der Waals surface area contributed by atoms with Crippen molar-refractivity contribution in [1.82, 2.24) is 4.90 Å². The molecule has 0 unspecified atom stereocenters. The summed E-state index contributed by atoms with van der Waals surface area (Å²) in [6.45, 7) is -0.984. The van der Waals surface area contributed by atoms with Gasteiger partial charge in [0.1, 0.15) is 12.6 Å². The van der Waals surface area contributed by atoms with Crippen LogP contribution in [0.2, 0.25) is 0 Å². The van der Waals surface area contributed by atoms with Gasteiger partial charge >= 0.3 is 12.1 Å². The lowest BCUT2D eigenvalue weighted by Gasteiger charge is -2.36. The van der Waals surface area contributed by atoms with Crippen LogP contribution in [-0.4, -0.2) is 47.2 Å². The van der Waals surface area contributed by atoms with Gasteiger partial charge in [-0.1, -0.05) is 48.5 Å². The number of carbonyl (C=O) groups excluding carboxylic acids is 1. The van der Waals surface area contributed by atoms with Crippen molar-refractivity contribution in [3.05, 3.63) is 59.7 Å². The molecule has 1 aliphatic carbocycles. The number of benzene rings is 2. The number of fused-ring (bicyclic) bond motifs is 3. The van der Waals surface area contributed by atoms with Gasteiger partial charge in [-0.05, 0) is 28.7 Å². The van der Waals surface area contributed by atoms with Gasteiger partial charge in [0.05, 0.1) is 6.54 Å². The number of likely N-dealkylation sites (tertiary alicyclic amines) is 1. The second-order valence-corrected chi connectivity index (χ2v) is 7.18. The first-order valence-corrected chi connectivity index (χ1v) is 9.09. The zero-order valence-electron chi connectivity index (χ0n) is 15.0. The highest BCUT2D eigenvalue weighted by molar-refractivity contribution is 5.81. The Kier molecular flexibility index (Phi) is 4.53. The van der Waals surface area contributed by atoms with Crippen LogP contribution >= 0.6 is 0 Å². The molecule has 1 atom stereocenters. The maximum atomic E-state index is 13.7. The van der Waals surface area contributed by atoms with Crippen LogP contribution in [0, 0.1) is 0 Å². The fourth-order valence-corrected chi connectivity index (χ4v) is 4.07. The molecule has 1 amide bonds. The third-order valence-electron chi connectivity index (χ3n) is 5.42. The maximum Gasteiger partial charge on any atom is 0.410 e. The molecule has 146 valence electrons. The van der Waals surface area contributed by atoms with Gasteiger partial charge in [0.25, 0.3) is 5.92 Å². The molecule has 5 nitrogen and oxygen atoms in total. The minimum atomic E-state index is -3.11. The summed E-state index contributed by atoms with van der Waals surface area (Å²) in [6, 6.07) is 14.2. The predicted octanol–water partition coefficient (Wildman–Crippen LogP) is 4.12. The number of piperidine rings is 1. The Morgan fingerprint density at radius 1 is 1.07 bits per heavy atom. The van der Waals surface area contributed by atoms with Gasteiger partial charge in [0.2, 0.25) is 0 Å². The SMILES string of the molecule is O=C(O)[C@@H]1CCC(F)(F)CN1C(=O)OCC1c2ccccc2-c2ccccc21. The number of amides is 1. The monoisotopic (exact) mass is 387 g/mol. The van der Waals surface area contributed by atoms with Crippen LogP contribution in [-0.2, 0) is 9.53 Å². The Labute approximate surface area is 160 Å². The van der Waals surface area contributed by atoms with E-state index < -0.39 is 37.0 Å². The largest absolute Gasteiger partial charge is 0.480 e. The van der Waals surface area contributed by atoms with E-state index in [1.54, 1.807) is 0 Å². The molecule has 1 fully saturated rings. The van der Waals surface area contributed by atoms with Crippen molar-refractivity contribution in [2.75, 3.05) is 13.2 Å². The lowest BCUT2D eigenvalue weighted by molar-refractivity contribution is -0.150. The maximum absolute atomic E-state index is 13.7. The first kappa shape index (κ1) is 18.4. The molecule has 0 bridgehead atoms. The quantitative estimate of drug-likeness (QED) is 0.860. The molecule has 0 spiro atoms. The molecule has 7 heteroatoms. The standard InChI is InChI=1S/C21H19F2NO4/c22-21(23)10-9-18(19(25)26)24(12-21)20(27)28-11-17-15-7-3-1-5-13(15)14-6-2-4-8-16(14)17/h1-8,17-18H,9-12H2,(H,25,26)/t18-/m0/s1. The zero-order valence-corrected chi connectivity index (χ0v) is 15.0. The molecule has 2 aliphatic rings. The molecular weight excluding hydrogens is 368 g/mol. The average Bonchev–Trinajstić information content (AvgIpc) is 2.99. The summed E-state index contributed by atoms with van der Waals surface area (Å²) in [6.07, 6.45) is -1.88. The van der Waals surface area contributed by atoms with Crippen LogP contribution < -0.4 is 0 Å². The van der Waals surface area contributed by atoms with Gasteiger partial charge in [-0.3, -0.25) is 4.90 Å². The zero-order chi connectivity index (χ0) is 19.9. The van der Waals surface area contributed by atoms with Crippen molar-refractivity contribution in [3.63, 3.8) is 0 Å². The van der Waals surface area contributed by atoms with Crippen molar-refractivity contribution >= 4 is 12.1 Å². The van der Waals surface area contributed by atoms with E-state index >= 15 is 0 Å². The smallest absolute Gasteiger partial charge is 0.410 e. The molecule has 4 rings (SSSR count). The molecule has 1 heterocycles. The van der Waals surface area contributed by atoms with Gasteiger partial charge in [0.15, 0.2) is 0 Å². The Morgan fingerprint density at radius 3 is 2.21 bits per heavy atom. The third-order valence-corrected chi connectivity index (χ3v) is 5.42. The summed E-state index contributed by atoms with van der Waals surface area (Å²) >= 11 is 0. The average molecular weight is 387 g/mol. The van der Waals surface area contributed by atoms with E-state index in [0.717, 1.165) is 22.3 Å². The number of ether oxygens (including phenoxy) is 1. The minimum Gasteiger partial charge on any atom is -0.480 e. The molecule has 1 aliphatic heterocycles. The Balaban J connectivity index is 1.54. The van der Waals surface area contributed by atoms with E-state index in [-0.39, 0.29) is 18.9 Å². The number of halogens is 2. The van der Waals surface area contributed by atoms with Crippen molar-refractivity contribution in [2.45, 2.75) is 30.7 Å². The van der Waals surface area contributed by atoms with E-state index in [2.05, 4.69) is 0 Å². The van der Waals surface area contributed by atoms with Gasteiger partial charge < -0.3 is 9.84 Å². The van der Waals surface area contributed by atoms with E-state index in [1.165, 1.54) is 0 Å². The van der Waals surface area contributed by atoms with Crippen LogP contribution in [0.25, 0.3) is 11.1 Å². The third kappa shape index (κ3) is 3.21. The van der Waals surface area contributed by atoms with Gasteiger partial charge in [-0.15, -0.1) is 0 Å². The molecule has 1 saturated heterocycles. The molecule has 1 N–H and O–H groups in total. The van der Waals surface area contributed by atoms with Gasteiger partial charge in [-0.25, -0.2) is 18.4 Å². The molecule has 0 radical (unpaired) electrons. The molecule has 2 aromatic carbocycles. The van der Waals surface area contributed by atoms with E-state index in [4.69, 9.17) is 4.74 Å². The second-order valence-electron chi connectivity index (χ2n) is 7.18. The molecule has 0 aromatic heterocycles.